The van der Waals surface area contributed by atoms with Crippen LogP contribution in [-0.2, 0) is 18.5 Å². The molecule has 0 bridgehead atoms. The number of methoxy groups -OCH3 is 1. The first-order chi connectivity index (χ1) is 9.40. The molecule has 0 fully saturated rings. The summed E-state index contributed by atoms with van der Waals surface area (Å²) < 4.78 is 37.5. The molecule has 20 heavy (non-hydrogen) atoms. The van der Waals surface area contributed by atoms with Gasteiger partial charge >= 0.3 is 5.97 Å². The van der Waals surface area contributed by atoms with Gasteiger partial charge < -0.3 is 14.2 Å². The molecule has 0 spiro atoms. The fraction of sp³-hybridized carbons (Fsp3) is 0.417. The molecule has 0 saturated heterocycles. The van der Waals surface area contributed by atoms with Crippen molar-refractivity contribution in [2.75, 3.05) is 26.9 Å². The Bertz CT molecular complexity index is 569. The van der Waals surface area contributed by atoms with Crippen molar-refractivity contribution in [1.29, 1.82) is 0 Å². The third-order valence-corrected chi connectivity index (χ3v) is 3.62. The molecular formula is C12H15ClO6S. The highest BCUT2D eigenvalue weighted by Gasteiger charge is 2.19. The molecule has 0 atom stereocenters. The minimum atomic E-state index is -3.93. The Morgan fingerprint density at radius 3 is 2.55 bits per heavy atom. The van der Waals surface area contributed by atoms with Gasteiger partial charge in [0.15, 0.2) is 0 Å². The number of rotatable bonds is 7. The number of carbonyl (C=O) groups excluding carboxylic acids is 1. The van der Waals surface area contributed by atoms with Gasteiger partial charge in [0.05, 0.1) is 18.1 Å². The fourth-order valence-corrected chi connectivity index (χ4v) is 2.17. The lowest BCUT2D eigenvalue weighted by Gasteiger charge is -2.11. The molecule has 0 saturated carbocycles. The van der Waals surface area contributed by atoms with Crippen molar-refractivity contribution >= 4 is 25.7 Å². The van der Waals surface area contributed by atoms with Gasteiger partial charge in [-0.3, -0.25) is 0 Å². The van der Waals surface area contributed by atoms with Gasteiger partial charge in [-0.15, -0.1) is 0 Å². The van der Waals surface area contributed by atoms with E-state index in [-0.39, 0.29) is 29.4 Å². The summed E-state index contributed by atoms with van der Waals surface area (Å²) in [5, 5.41) is 0. The Kier molecular flexibility index (Phi) is 6.25. The topological polar surface area (TPSA) is 78.9 Å². The molecule has 1 aromatic carbocycles. The van der Waals surface area contributed by atoms with Gasteiger partial charge in [-0.1, -0.05) is 0 Å². The van der Waals surface area contributed by atoms with Crippen LogP contribution in [0.25, 0.3) is 0 Å². The van der Waals surface area contributed by atoms with Crippen LogP contribution in [0.4, 0.5) is 0 Å². The van der Waals surface area contributed by atoms with Crippen LogP contribution < -0.4 is 4.74 Å². The van der Waals surface area contributed by atoms with Crippen LogP contribution in [0.5, 0.6) is 5.75 Å². The van der Waals surface area contributed by atoms with Gasteiger partial charge in [0.25, 0.3) is 9.05 Å². The summed E-state index contributed by atoms with van der Waals surface area (Å²) in [6.07, 6.45) is 0. The molecule has 0 aliphatic heterocycles. The first-order valence-corrected chi connectivity index (χ1v) is 8.08. The molecule has 0 aromatic heterocycles. The number of hydrogen-bond donors (Lipinski definition) is 0. The summed E-state index contributed by atoms with van der Waals surface area (Å²) in [6.45, 7) is 2.36. The molecule has 0 N–H and O–H groups in total. The lowest BCUT2D eigenvalue weighted by atomic mass is 10.2. The summed E-state index contributed by atoms with van der Waals surface area (Å²) in [6, 6.07) is 3.76. The minimum Gasteiger partial charge on any atom is -0.493 e. The second kappa shape index (κ2) is 7.47. The highest BCUT2D eigenvalue weighted by Crippen LogP contribution is 2.25. The first kappa shape index (κ1) is 16.7. The molecule has 1 rings (SSSR count). The molecule has 0 amide bonds. The Morgan fingerprint density at radius 2 is 2.00 bits per heavy atom. The van der Waals surface area contributed by atoms with Crippen LogP contribution in [-0.4, -0.2) is 41.3 Å². The minimum absolute atomic E-state index is 0.00433. The van der Waals surface area contributed by atoms with Crippen LogP contribution in [0.2, 0.25) is 0 Å². The van der Waals surface area contributed by atoms with E-state index in [1.165, 1.54) is 19.2 Å². The number of benzene rings is 1. The van der Waals surface area contributed by atoms with Crippen molar-refractivity contribution in [2.24, 2.45) is 0 Å². The Labute approximate surface area is 122 Å². The summed E-state index contributed by atoms with van der Waals surface area (Å²) in [7, 11) is 2.79. The van der Waals surface area contributed by atoms with Crippen molar-refractivity contribution in [3.05, 3.63) is 23.8 Å². The maximum Gasteiger partial charge on any atom is 0.342 e. The number of ether oxygens (including phenoxy) is 3. The molecule has 0 heterocycles. The predicted octanol–water partition coefficient (Wildman–Crippen LogP) is 1.82. The number of hydrogen-bond acceptors (Lipinski definition) is 6. The van der Waals surface area contributed by atoms with Crippen LogP contribution in [0.15, 0.2) is 23.1 Å². The molecule has 0 unspecified atom stereocenters. The smallest absolute Gasteiger partial charge is 0.342 e. The van der Waals surface area contributed by atoms with E-state index < -0.39 is 15.0 Å². The second-order valence-electron chi connectivity index (χ2n) is 3.66. The van der Waals surface area contributed by atoms with E-state index >= 15 is 0 Å². The van der Waals surface area contributed by atoms with Gasteiger partial charge in [0, 0.05) is 17.8 Å². The predicted molar refractivity (Wildman–Crippen MR) is 72.8 cm³/mol. The van der Waals surface area contributed by atoms with Crippen LogP contribution >= 0.6 is 10.7 Å². The van der Waals surface area contributed by atoms with Gasteiger partial charge in [-0.25, -0.2) is 13.2 Å². The summed E-state index contributed by atoms with van der Waals surface area (Å²) in [5.74, 6) is -0.466. The molecular weight excluding hydrogens is 308 g/mol. The van der Waals surface area contributed by atoms with Gasteiger partial charge in [-0.05, 0) is 25.1 Å². The van der Waals surface area contributed by atoms with Crippen molar-refractivity contribution < 1.29 is 27.4 Å². The van der Waals surface area contributed by atoms with Crippen LogP contribution in [0.3, 0.4) is 0 Å². The fourth-order valence-electron chi connectivity index (χ4n) is 1.40. The van der Waals surface area contributed by atoms with E-state index in [0.717, 1.165) is 6.07 Å². The molecule has 0 aliphatic carbocycles. The van der Waals surface area contributed by atoms with E-state index in [9.17, 15) is 13.2 Å². The number of esters is 1. The van der Waals surface area contributed by atoms with Crippen molar-refractivity contribution in [1.82, 2.24) is 0 Å². The van der Waals surface area contributed by atoms with E-state index in [1.54, 1.807) is 6.92 Å². The zero-order valence-electron chi connectivity index (χ0n) is 11.1. The Hall–Kier alpha value is -1.31. The normalized spacial score (nSPS) is 11.2. The first-order valence-electron chi connectivity index (χ1n) is 5.77. The highest BCUT2D eigenvalue weighted by atomic mass is 35.7. The number of carbonyl (C=O) groups is 1. The summed E-state index contributed by atoms with van der Waals surface area (Å²) in [4.78, 5) is 11.7. The molecule has 0 aliphatic rings. The van der Waals surface area contributed by atoms with Gasteiger partial charge in [0.2, 0.25) is 0 Å². The van der Waals surface area contributed by atoms with Crippen LogP contribution in [0.1, 0.15) is 17.3 Å². The van der Waals surface area contributed by atoms with Crippen molar-refractivity contribution in [2.45, 2.75) is 11.8 Å². The van der Waals surface area contributed by atoms with E-state index in [0.29, 0.717) is 6.61 Å². The van der Waals surface area contributed by atoms with Gasteiger partial charge in [-0.2, -0.15) is 0 Å². The second-order valence-corrected chi connectivity index (χ2v) is 6.22. The SMILES string of the molecule is CCOc1ccc(S(=O)(=O)Cl)cc1C(=O)OCCOC. The zero-order valence-corrected chi connectivity index (χ0v) is 12.7. The van der Waals surface area contributed by atoms with E-state index in [4.69, 9.17) is 24.9 Å². The Morgan fingerprint density at radius 1 is 1.30 bits per heavy atom. The average Bonchev–Trinajstić information content (AvgIpc) is 2.38. The lowest BCUT2D eigenvalue weighted by Crippen LogP contribution is -2.12. The van der Waals surface area contributed by atoms with Gasteiger partial charge in [0.1, 0.15) is 17.9 Å². The van der Waals surface area contributed by atoms with Crippen molar-refractivity contribution in [3.8, 4) is 5.75 Å². The van der Waals surface area contributed by atoms with E-state index in [2.05, 4.69) is 0 Å². The maximum absolute atomic E-state index is 11.9. The summed E-state index contributed by atoms with van der Waals surface area (Å²) in [5.41, 5.74) is 0.00433. The Balaban J connectivity index is 3.08. The third-order valence-electron chi connectivity index (χ3n) is 2.27. The van der Waals surface area contributed by atoms with Crippen LogP contribution in [0, 0.1) is 0 Å². The molecule has 112 valence electrons. The van der Waals surface area contributed by atoms with E-state index in [1.807, 2.05) is 0 Å². The highest BCUT2D eigenvalue weighted by molar-refractivity contribution is 8.13. The summed E-state index contributed by atoms with van der Waals surface area (Å²) >= 11 is 0. The average molecular weight is 323 g/mol. The molecule has 1 aromatic rings. The van der Waals surface area contributed by atoms with Crippen molar-refractivity contribution in [3.63, 3.8) is 0 Å². The monoisotopic (exact) mass is 322 g/mol. The largest absolute Gasteiger partial charge is 0.493 e. The molecule has 0 radical (unpaired) electrons. The third kappa shape index (κ3) is 4.66. The number of halogens is 1. The molecule has 8 heteroatoms. The molecule has 6 nitrogen and oxygen atoms in total. The quantitative estimate of drug-likeness (QED) is 0.433. The standard InChI is InChI=1S/C12H15ClO6S/c1-3-18-11-5-4-9(20(13,15)16)8-10(11)12(14)19-7-6-17-2/h4-5,8H,3,6-7H2,1-2H3. The maximum atomic E-state index is 11.9. The lowest BCUT2D eigenvalue weighted by molar-refractivity contribution is 0.0384. The zero-order chi connectivity index (χ0) is 15.2.